The molecule has 0 rings (SSSR count). The normalized spacial score (nSPS) is 13.4. The lowest BCUT2D eigenvalue weighted by Gasteiger charge is -2.18. The smallest absolute Gasteiger partial charge is 0.129 e. The Balaban J connectivity index is 4.30. The minimum absolute atomic E-state index is 0.237. The van der Waals surface area contributed by atoms with E-state index in [-0.39, 0.29) is 5.78 Å². The van der Waals surface area contributed by atoms with Gasteiger partial charge in [-0.3, -0.25) is 0 Å². The van der Waals surface area contributed by atoms with Crippen molar-refractivity contribution in [3.63, 3.8) is 0 Å². The summed E-state index contributed by atoms with van der Waals surface area (Å²) in [5.74, 6) is 0.671. The van der Waals surface area contributed by atoms with Crippen molar-refractivity contribution in [3.8, 4) is 0 Å². The predicted molar refractivity (Wildman–Crippen MR) is 63.8 cm³/mol. The first-order valence-corrected chi connectivity index (χ1v) is 5.66. The molecule has 0 bridgehead atoms. The Morgan fingerprint density at radius 1 is 1.33 bits per heavy atom. The number of hydrogen-bond donors (Lipinski definition) is 1. The molecule has 0 aliphatic rings. The van der Waals surface area contributed by atoms with E-state index in [1.54, 1.807) is 20.8 Å². The molecule has 0 saturated heterocycles. The molecule has 0 atom stereocenters. The van der Waals surface area contributed by atoms with Gasteiger partial charge in [-0.1, -0.05) is 25.5 Å². The first-order valence-electron chi connectivity index (χ1n) is 5.66. The van der Waals surface area contributed by atoms with E-state index in [0.717, 1.165) is 12.8 Å². The zero-order valence-corrected chi connectivity index (χ0v) is 10.6. The highest BCUT2D eigenvalue weighted by atomic mass is 16.3. The van der Waals surface area contributed by atoms with Gasteiger partial charge in [0.15, 0.2) is 0 Å². The minimum atomic E-state index is -0.754. The summed E-state index contributed by atoms with van der Waals surface area (Å²) >= 11 is 0. The summed E-state index contributed by atoms with van der Waals surface area (Å²) in [5, 5.41) is 9.70. The van der Waals surface area contributed by atoms with Gasteiger partial charge < -0.3 is 9.90 Å². The van der Waals surface area contributed by atoms with E-state index in [2.05, 4.69) is 13.8 Å². The van der Waals surface area contributed by atoms with E-state index < -0.39 is 5.60 Å². The Morgan fingerprint density at radius 2 is 1.87 bits per heavy atom. The van der Waals surface area contributed by atoms with E-state index in [0.29, 0.717) is 12.3 Å². The van der Waals surface area contributed by atoms with Crippen molar-refractivity contribution >= 4 is 5.78 Å². The molecule has 0 unspecified atom stereocenters. The molecule has 0 aromatic heterocycles. The highest BCUT2D eigenvalue weighted by Crippen LogP contribution is 2.20. The summed E-state index contributed by atoms with van der Waals surface area (Å²) in [5.41, 5.74) is 0.485. The van der Waals surface area contributed by atoms with Gasteiger partial charge >= 0.3 is 0 Å². The van der Waals surface area contributed by atoms with Crippen molar-refractivity contribution in [1.82, 2.24) is 0 Å². The maximum Gasteiger partial charge on any atom is 0.129 e. The van der Waals surface area contributed by atoms with Crippen molar-refractivity contribution < 1.29 is 9.90 Å². The van der Waals surface area contributed by atoms with Gasteiger partial charge in [-0.15, -0.1) is 0 Å². The number of Topliss-reactive ketones (excluding diaryl/α,β-unsaturated/α-hetero) is 1. The molecule has 0 radical (unpaired) electrons. The summed E-state index contributed by atoms with van der Waals surface area (Å²) < 4.78 is 0. The largest absolute Gasteiger partial charge is 0.386 e. The van der Waals surface area contributed by atoms with Crippen LogP contribution in [0.25, 0.3) is 0 Å². The van der Waals surface area contributed by atoms with Crippen LogP contribution in [-0.2, 0) is 4.79 Å². The third-order valence-electron chi connectivity index (χ3n) is 2.27. The van der Waals surface area contributed by atoms with Crippen LogP contribution in [0.5, 0.6) is 0 Å². The fourth-order valence-corrected chi connectivity index (χ4v) is 1.52. The zero-order chi connectivity index (χ0) is 12.1. The summed E-state index contributed by atoms with van der Waals surface area (Å²) in [6.45, 7) is 9.41. The maximum absolute atomic E-state index is 10.8. The lowest BCUT2D eigenvalue weighted by molar-refractivity contribution is -0.117. The Hall–Kier alpha value is -0.630. The van der Waals surface area contributed by atoms with Crippen molar-refractivity contribution in [2.75, 3.05) is 0 Å². The van der Waals surface area contributed by atoms with Gasteiger partial charge in [0.05, 0.1) is 5.60 Å². The third kappa shape index (κ3) is 8.37. The van der Waals surface area contributed by atoms with E-state index in [4.69, 9.17) is 0 Å². The van der Waals surface area contributed by atoms with Crippen LogP contribution in [0.1, 0.15) is 53.9 Å². The minimum Gasteiger partial charge on any atom is -0.386 e. The van der Waals surface area contributed by atoms with Gasteiger partial charge in [0.2, 0.25) is 0 Å². The third-order valence-corrected chi connectivity index (χ3v) is 2.27. The van der Waals surface area contributed by atoms with Gasteiger partial charge in [0.25, 0.3) is 0 Å². The van der Waals surface area contributed by atoms with Crippen LogP contribution in [0.15, 0.2) is 11.6 Å². The number of ketones is 1. The van der Waals surface area contributed by atoms with E-state index in [9.17, 15) is 9.90 Å². The quantitative estimate of drug-likeness (QED) is 0.687. The molecule has 0 aliphatic carbocycles. The van der Waals surface area contributed by atoms with Gasteiger partial charge in [0.1, 0.15) is 5.78 Å². The fourth-order valence-electron chi connectivity index (χ4n) is 1.52. The summed E-state index contributed by atoms with van der Waals surface area (Å²) in [6.07, 6.45) is 4.34. The number of carbonyl (C=O) groups excluding carboxylic acids is 1. The maximum atomic E-state index is 10.8. The Labute approximate surface area is 93.4 Å². The molecule has 2 heteroatoms. The van der Waals surface area contributed by atoms with Crippen LogP contribution in [0.4, 0.5) is 0 Å². The van der Waals surface area contributed by atoms with Crippen LogP contribution >= 0.6 is 0 Å². The number of rotatable bonds is 6. The number of aliphatic hydroxyl groups is 1. The van der Waals surface area contributed by atoms with Crippen molar-refractivity contribution in [3.05, 3.63) is 11.6 Å². The van der Waals surface area contributed by atoms with Crippen LogP contribution in [-0.4, -0.2) is 16.5 Å². The van der Waals surface area contributed by atoms with Gasteiger partial charge in [-0.25, -0.2) is 0 Å². The highest BCUT2D eigenvalue weighted by molar-refractivity contribution is 5.75. The molecule has 1 N–H and O–H groups in total. The van der Waals surface area contributed by atoms with Crippen LogP contribution < -0.4 is 0 Å². The summed E-state index contributed by atoms with van der Waals surface area (Å²) in [4.78, 5) is 10.8. The Morgan fingerprint density at radius 3 is 2.20 bits per heavy atom. The average Bonchev–Trinajstić information content (AvgIpc) is 1.99. The predicted octanol–water partition coefficient (Wildman–Crippen LogP) is 3.10. The van der Waals surface area contributed by atoms with E-state index in [1.807, 2.05) is 6.08 Å². The van der Waals surface area contributed by atoms with E-state index in [1.165, 1.54) is 5.57 Å². The van der Waals surface area contributed by atoms with Crippen LogP contribution in [0.3, 0.4) is 0 Å². The van der Waals surface area contributed by atoms with Crippen molar-refractivity contribution in [2.24, 2.45) is 5.92 Å². The second kappa shape index (κ2) is 6.06. The average molecular weight is 212 g/mol. The monoisotopic (exact) mass is 212 g/mol. The molecule has 0 heterocycles. The summed E-state index contributed by atoms with van der Waals surface area (Å²) in [7, 11) is 0. The van der Waals surface area contributed by atoms with Gasteiger partial charge in [-0.2, -0.15) is 0 Å². The zero-order valence-electron chi connectivity index (χ0n) is 10.6. The fraction of sp³-hybridized carbons (Fsp3) is 0.769. The molecule has 0 spiro atoms. The molecule has 0 aromatic carbocycles. The van der Waals surface area contributed by atoms with Gasteiger partial charge in [-0.05, 0) is 39.5 Å². The molecule has 0 fully saturated rings. The lowest BCUT2D eigenvalue weighted by Crippen LogP contribution is -2.16. The summed E-state index contributed by atoms with van der Waals surface area (Å²) in [6, 6.07) is 0. The van der Waals surface area contributed by atoms with E-state index >= 15 is 0 Å². The first-order chi connectivity index (χ1) is 6.72. The molecule has 0 saturated carbocycles. The van der Waals surface area contributed by atoms with Crippen LogP contribution in [0, 0.1) is 5.92 Å². The molecule has 15 heavy (non-hydrogen) atoms. The molecule has 0 aliphatic heterocycles. The topological polar surface area (TPSA) is 37.3 Å². The van der Waals surface area contributed by atoms with Crippen LogP contribution in [0.2, 0.25) is 0 Å². The molecule has 0 aromatic rings. The second-order valence-electron chi connectivity index (χ2n) is 5.08. The SMILES string of the molecule is CC(=O)CCC/C(=C/C(C)(C)O)C(C)C. The molecule has 0 amide bonds. The Kier molecular flexibility index (Phi) is 5.81. The standard InChI is InChI=1S/C13H24O2/c1-10(2)12(9-13(4,5)15)8-6-7-11(3)14/h9-10,15H,6-8H2,1-5H3/b12-9-. The second-order valence-corrected chi connectivity index (χ2v) is 5.08. The lowest BCUT2D eigenvalue weighted by atomic mass is 9.92. The number of hydrogen-bond acceptors (Lipinski definition) is 2. The van der Waals surface area contributed by atoms with Gasteiger partial charge in [0, 0.05) is 6.42 Å². The molecule has 88 valence electrons. The molecular formula is C13H24O2. The highest BCUT2D eigenvalue weighted by Gasteiger charge is 2.12. The number of carbonyl (C=O) groups is 1. The first kappa shape index (κ1) is 14.4. The van der Waals surface area contributed by atoms with Crippen molar-refractivity contribution in [2.45, 2.75) is 59.5 Å². The van der Waals surface area contributed by atoms with Crippen molar-refractivity contribution in [1.29, 1.82) is 0 Å². The molecular weight excluding hydrogens is 188 g/mol. The molecule has 2 nitrogen and oxygen atoms in total. The Bertz CT molecular complexity index is 231. The number of allylic oxidation sites excluding steroid dienone is 1.